The van der Waals surface area contributed by atoms with Gasteiger partial charge in [0.05, 0.1) is 29.3 Å². The average molecular weight is 448 g/mol. The summed E-state index contributed by atoms with van der Waals surface area (Å²) in [5.41, 5.74) is 6.51. The van der Waals surface area contributed by atoms with E-state index in [2.05, 4.69) is 11.5 Å². The number of para-hydroxylation sites is 1. The number of benzene rings is 3. The average Bonchev–Trinajstić information content (AvgIpc) is 2.81. The fourth-order valence-electron chi connectivity index (χ4n) is 3.96. The maximum atomic E-state index is 13.5. The highest BCUT2D eigenvalue weighted by atomic mass is 32.2. The molecule has 7 heteroatoms. The molecule has 3 aromatic rings. The molecule has 0 aliphatic carbocycles. The lowest BCUT2D eigenvalue weighted by Crippen LogP contribution is -2.45. The van der Waals surface area contributed by atoms with Crippen LogP contribution in [0.1, 0.15) is 29.2 Å². The monoisotopic (exact) mass is 447 g/mol. The molecule has 1 heterocycles. The van der Waals surface area contributed by atoms with E-state index in [0.717, 1.165) is 16.7 Å². The van der Waals surface area contributed by atoms with Crippen molar-refractivity contribution in [1.82, 2.24) is 5.48 Å². The van der Waals surface area contributed by atoms with Gasteiger partial charge in [0.1, 0.15) is 0 Å². The maximum Gasteiger partial charge on any atom is 0.264 e. The summed E-state index contributed by atoms with van der Waals surface area (Å²) < 4.78 is 28.4. The van der Waals surface area contributed by atoms with E-state index in [1.165, 1.54) is 4.31 Å². The van der Waals surface area contributed by atoms with Crippen LogP contribution in [0.3, 0.4) is 0 Å². The SMILES string of the molecule is Cc1ccc(S(=O)(=O)N2C[C@H](CC#N)[C@@H](NOCc3ccccc3)c3ccccc32)cc1. The van der Waals surface area contributed by atoms with Crippen LogP contribution in [-0.4, -0.2) is 15.0 Å². The Morgan fingerprint density at radius 1 is 1.03 bits per heavy atom. The quantitative estimate of drug-likeness (QED) is 0.540. The first kappa shape index (κ1) is 22.0. The standard InChI is InChI=1S/C25H25N3O3S/c1-19-11-13-22(14-12-19)32(29,30)28-17-21(15-16-26)25(23-9-5-6-10-24(23)28)27-31-18-20-7-3-2-4-8-20/h2-14,21,25,27H,15,17-18H2,1H3/t21-,25+/m0/s1. The van der Waals surface area contributed by atoms with Crippen LogP contribution in [0.25, 0.3) is 0 Å². The minimum absolute atomic E-state index is 0.188. The number of hydroxylamine groups is 1. The molecule has 0 bridgehead atoms. The molecule has 0 saturated heterocycles. The largest absolute Gasteiger partial charge is 0.296 e. The highest BCUT2D eigenvalue weighted by molar-refractivity contribution is 7.92. The molecule has 32 heavy (non-hydrogen) atoms. The first-order valence-corrected chi connectivity index (χ1v) is 11.9. The molecule has 164 valence electrons. The third kappa shape index (κ3) is 4.53. The van der Waals surface area contributed by atoms with Gasteiger partial charge in [0.15, 0.2) is 0 Å². The second-order valence-electron chi connectivity index (χ2n) is 7.90. The van der Waals surface area contributed by atoms with Crippen molar-refractivity contribution in [2.45, 2.75) is 30.9 Å². The Kier molecular flexibility index (Phi) is 6.56. The summed E-state index contributed by atoms with van der Waals surface area (Å²) >= 11 is 0. The second-order valence-corrected chi connectivity index (χ2v) is 9.76. The first-order valence-electron chi connectivity index (χ1n) is 10.5. The van der Waals surface area contributed by atoms with Crippen LogP contribution in [0, 0.1) is 24.2 Å². The van der Waals surface area contributed by atoms with Crippen molar-refractivity contribution in [3.05, 3.63) is 95.6 Å². The van der Waals surface area contributed by atoms with Crippen LogP contribution in [0.15, 0.2) is 83.8 Å². The molecule has 4 rings (SSSR count). The molecule has 0 radical (unpaired) electrons. The van der Waals surface area contributed by atoms with E-state index in [-0.39, 0.29) is 29.8 Å². The van der Waals surface area contributed by atoms with Gasteiger partial charge >= 0.3 is 0 Å². The molecule has 0 aromatic heterocycles. The molecule has 1 N–H and O–H groups in total. The molecule has 0 saturated carbocycles. The molecule has 0 fully saturated rings. The van der Waals surface area contributed by atoms with Crippen LogP contribution in [0.5, 0.6) is 0 Å². The number of nitriles is 1. The lowest BCUT2D eigenvalue weighted by Gasteiger charge is -2.39. The molecule has 0 spiro atoms. The van der Waals surface area contributed by atoms with Crippen LogP contribution in [0.2, 0.25) is 0 Å². The Hall–Kier alpha value is -3.18. The Bertz CT molecular complexity index is 1210. The zero-order valence-corrected chi connectivity index (χ0v) is 18.6. The van der Waals surface area contributed by atoms with Crippen LogP contribution in [-0.2, 0) is 21.5 Å². The number of fused-ring (bicyclic) bond motifs is 1. The lowest BCUT2D eigenvalue weighted by molar-refractivity contribution is -0.0112. The van der Waals surface area contributed by atoms with Gasteiger partial charge in [-0.3, -0.25) is 9.14 Å². The van der Waals surface area contributed by atoms with Gasteiger partial charge in [-0.25, -0.2) is 8.42 Å². The number of rotatable bonds is 7. The summed E-state index contributed by atoms with van der Waals surface area (Å²) in [7, 11) is -3.78. The molecule has 2 atom stereocenters. The number of aryl methyl sites for hydroxylation is 1. The highest BCUT2D eigenvalue weighted by Gasteiger charge is 2.39. The summed E-state index contributed by atoms with van der Waals surface area (Å²) in [6.45, 7) is 2.47. The van der Waals surface area contributed by atoms with E-state index < -0.39 is 10.0 Å². The fourth-order valence-corrected chi connectivity index (χ4v) is 5.51. The number of hydrogen-bond acceptors (Lipinski definition) is 5. The van der Waals surface area contributed by atoms with Crippen molar-refractivity contribution >= 4 is 15.7 Å². The van der Waals surface area contributed by atoms with E-state index in [1.54, 1.807) is 30.3 Å². The van der Waals surface area contributed by atoms with Gasteiger partial charge in [0.25, 0.3) is 10.0 Å². The Labute approximate surface area is 189 Å². The van der Waals surface area contributed by atoms with Gasteiger partial charge in [-0.2, -0.15) is 10.7 Å². The van der Waals surface area contributed by atoms with Crippen LogP contribution >= 0.6 is 0 Å². The van der Waals surface area contributed by atoms with Crippen LogP contribution < -0.4 is 9.79 Å². The number of sulfonamides is 1. The molecule has 0 amide bonds. The van der Waals surface area contributed by atoms with E-state index >= 15 is 0 Å². The van der Waals surface area contributed by atoms with E-state index in [0.29, 0.717) is 12.3 Å². The lowest BCUT2D eigenvalue weighted by atomic mass is 9.87. The maximum absolute atomic E-state index is 13.5. The number of nitrogens with one attached hydrogen (secondary N) is 1. The molecular weight excluding hydrogens is 422 g/mol. The highest BCUT2D eigenvalue weighted by Crippen LogP contribution is 2.41. The number of anilines is 1. The van der Waals surface area contributed by atoms with Gasteiger partial charge in [0.2, 0.25) is 0 Å². The molecule has 3 aromatic carbocycles. The normalized spacial score (nSPS) is 18.1. The molecule has 1 aliphatic heterocycles. The third-order valence-corrected chi connectivity index (χ3v) is 7.46. The van der Waals surface area contributed by atoms with Gasteiger partial charge in [-0.1, -0.05) is 66.2 Å². The molecular formula is C25H25N3O3S. The second kappa shape index (κ2) is 9.53. The van der Waals surface area contributed by atoms with E-state index in [9.17, 15) is 13.7 Å². The Balaban J connectivity index is 1.65. The zero-order valence-electron chi connectivity index (χ0n) is 17.8. The van der Waals surface area contributed by atoms with E-state index in [4.69, 9.17) is 4.84 Å². The summed E-state index contributed by atoms with van der Waals surface area (Å²) in [4.78, 5) is 6.02. The van der Waals surface area contributed by atoms with E-state index in [1.807, 2.05) is 55.5 Å². The Morgan fingerprint density at radius 3 is 2.44 bits per heavy atom. The van der Waals surface area contributed by atoms with Gasteiger partial charge in [-0.05, 0) is 36.2 Å². The predicted molar refractivity (Wildman–Crippen MR) is 123 cm³/mol. The van der Waals surface area contributed by atoms with Crippen molar-refractivity contribution in [2.75, 3.05) is 10.8 Å². The minimum atomic E-state index is -3.78. The Morgan fingerprint density at radius 2 is 1.72 bits per heavy atom. The van der Waals surface area contributed by atoms with Crippen molar-refractivity contribution in [1.29, 1.82) is 5.26 Å². The third-order valence-electron chi connectivity index (χ3n) is 5.67. The molecule has 6 nitrogen and oxygen atoms in total. The van der Waals surface area contributed by atoms with Crippen molar-refractivity contribution in [3.8, 4) is 6.07 Å². The minimum Gasteiger partial charge on any atom is -0.296 e. The topological polar surface area (TPSA) is 82.4 Å². The summed E-state index contributed by atoms with van der Waals surface area (Å²) in [5, 5.41) is 9.44. The van der Waals surface area contributed by atoms with Crippen molar-refractivity contribution in [3.63, 3.8) is 0 Å². The van der Waals surface area contributed by atoms with Gasteiger partial charge in [-0.15, -0.1) is 0 Å². The van der Waals surface area contributed by atoms with Gasteiger partial charge < -0.3 is 0 Å². The fraction of sp³-hybridized carbons (Fsp3) is 0.240. The number of hydrogen-bond donors (Lipinski definition) is 1. The summed E-state index contributed by atoms with van der Waals surface area (Å²) in [6.07, 6.45) is 0.195. The summed E-state index contributed by atoms with van der Waals surface area (Å²) in [5.74, 6) is -0.272. The predicted octanol–water partition coefficient (Wildman–Crippen LogP) is 4.50. The smallest absolute Gasteiger partial charge is 0.264 e. The first-order chi connectivity index (χ1) is 15.5. The number of nitrogens with zero attached hydrogens (tertiary/aromatic N) is 2. The zero-order chi connectivity index (χ0) is 22.6. The van der Waals surface area contributed by atoms with Crippen molar-refractivity contribution in [2.24, 2.45) is 5.92 Å². The molecule has 0 unspecified atom stereocenters. The van der Waals surface area contributed by atoms with Crippen LogP contribution in [0.4, 0.5) is 5.69 Å². The summed E-state index contributed by atoms with van der Waals surface area (Å²) in [6, 6.07) is 25.9. The van der Waals surface area contributed by atoms with Crippen molar-refractivity contribution < 1.29 is 13.3 Å². The molecule has 1 aliphatic rings. The van der Waals surface area contributed by atoms with Gasteiger partial charge in [0, 0.05) is 18.9 Å².